The standard InChI is InChI=1S/C13H13ClN2S/c14-6-5-10-8-15-13(17-10)12-7-9-3-1-2-4-11(9)16-12/h1-4,7,10,16H,5-6,8H2. The molecule has 88 valence electrons. The van der Waals surface area contributed by atoms with Gasteiger partial charge in [0.2, 0.25) is 0 Å². The number of rotatable bonds is 3. The molecule has 0 saturated heterocycles. The van der Waals surface area contributed by atoms with E-state index >= 15 is 0 Å². The molecular formula is C13H13ClN2S. The molecule has 1 aromatic carbocycles. The van der Waals surface area contributed by atoms with Gasteiger partial charge in [0.1, 0.15) is 5.04 Å². The van der Waals surface area contributed by atoms with Gasteiger partial charge in [0.15, 0.2) is 0 Å². The largest absolute Gasteiger partial charge is 0.353 e. The Morgan fingerprint density at radius 1 is 1.41 bits per heavy atom. The highest BCUT2D eigenvalue weighted by Crippen LogP contribution is 2.29. The number of hydrogen-bond acceptors (Lipinski definition) is 2. The number of alkyl halides is 1. The van der Waals surface area contributed by atoms with Crippen LogP contribution in [0.3, 0.4) is 0 Å². The normalized spacial score (nSPS) is 19.8. The Bertz CT molecular complexity index is 528. The SMILES string of the molecule is ClCCC1CN=C(c2cc3ccccc3[nH]2)S1. The fourth-order valence-corrected chi connectivity index (χ4v) is 3.51. The van der Waals surface area contributed by atoms with Crippen LogP contribution in [0.15, 0.2) is 35.3 Å². The van der Waals surface area contributed by atoms with Crippen molar-refractivity contribution in [2.75, 3.05) is 12.4 Å². The first kappa shape index (κ1) is 11.2. The first-order chi connectivity index (χ1) is 8.36. The quantitative estimate of drug-likeness (QED) is 0.842. The summed E-state index contributed by atoms with van der Waals surface area (Å²) >= 11 is 7.61. The van der Waals surface area contributed by atoms with Crippen LogP contribution in [-0.2, 0) is 0 Å². The molecule has 3 rings (SSSR count). The summed E-state index contributed by atoms with van der Waals surface area (Å²) in [6.45, 7) is 0.891. The van der Waals surface area contributed by atoms with Gasteiger partial charge in [-0.2, -0.15) is 0 Å². The second kappa shape index (κ2) is 4.75. The summed E-state index contributed by atoms with van der Waals surface area (Å²) < 4.78 is 0. The predicted octanol–water partition coefficient (Wildman–Crippen LogP) is 3.66. The van der Waals surface area contributed by atoms with Gasteiger partial charge in [-0.25, -0.2) is 0 Å². The topological polar surface area (TPSA) is 28.1 Å². The van der Waals surface area contributed by atoms with Crippen molar-refractivity contribution in [1.82, 2.24) is 4.98 Å². The monoisotopic (exact) mass is 264 g/mol. The minimum atomic E-state index is 0.550. The zero-order chi connectivity index (χ0) is 11.7. The number of aromatic amines is 1. The molecule has 0 saturated carbocycles. The van der Waals surface area contributed by atoms with Gasteiger partial charge < -0.3 is 4.98 Å². The molecule has 1 aromatic heterocycles. The molecule has 0 spiro atoms. The number of thioether (sulfide) groups is 1. The Morgan fingerprint density at radius 2 is 2.29 bits per heavy atom. The van der Waals surface area contributed by atoms with Crippen molar-refractivity contribution in [3.8, 4) is 0 Å². The molecule has 1 aliphatic heterocycles. The Hall–Kier alpha value is -0.930. The molecule has 0 amide bonds. The van der Waals surface area contributed by atoms with Crippen molar-refractivity contribution in [1.29, 1.82) is 0 Å². The van der Waals surface area contributed by atoms with E-state index in [0.717, 1.165) is 23.7 Å². The van der Waals surface area contributed by atoms with Crippen molar-refractivity contribution in [2.24, 2.45) is 4.99 Å². The molecule has 1 unspecified atom stereocenters. The number of benzene rings is 1. The van der Waals surface area contributed by atoms with E-state index in [-0.39, 0.29) is 0 Å². The van der Waals surface area contributed by atoms with Crippen LogP contribution in [0.5, 0.6) is 0 Å². The summed E-state index contributed by atoms with van der Waals surface area (Å²) in [5.74, 6) is 0.715. The van der Waals surface area contributed by atoms with E-state index in [1.807, 2.05) is 17.8 Å². The number of aliphatic imine (C=N–C) groups is 1. The molecule has 4 heteroatoms. The summed E-state index contributed by atoms with van der Waals surface area (Å²) in [6, 6.07) is 10.5. The van der Waals surface area contributed by atoms with Gasteiger partial charge in [0.05, 0.1) is 12.2 Å². The molecule has 17 heavy (non-hydrogen) atoms. The fourth-order valence-electron chi connectivity index (χ4n) is 2.03. The zero-order valence-electron chi connectivity index (χ0n) is 9.32. The van der Waals surface area contributed by atoms with Crippen molar-refractivity contribution in [3.05, 3.63) is 36.0 Å². The number of H-pyrrole nitrogens is 1. The Kier molecular flexibility index (Phi) is 3.12. The van der Waals surface area contributed by atoms with Crippen molar-refractivity contribution >= 4 is 39.3 Å². The third-order valence-electron chi connectivity index (χ3n) is 2.91. The minimum Gasteiger partial charge on any atom is -0.353 e. The minimum absolute atomic E-state index is 0.550. The highest BCUT2D eigenvalue weighted by Gasteiger charge is 2.21. The first-order valence-corrected chi connectivity index (χ1v) is 7.13. The Balaban J connectivity index is 1.85. The van der Waals surface area contributed by atoms with Gasteiger partial charge in [-0.15, -0.1) is 11.6 Å². The molecule has 0 bridgehead atoms. The average Bonchev–Trinajstić information content (AvgIpc) is 2.94. The molecule has 0 aliphatic carbocycles. The van der Waals surface area contributed by atoms with E-state index in [0.29, 0.717) is 11.1 Å². The van der Waals surface area contributed by atoms with Gasteiger partial charge in [-0.05, 0) is 18.6 Å². The zero-order valence-corrected chi connectivity index (χ0v) is 10.9. The lowest BCUT2D eigenvalue weighted by Crippen LogP contribution is -2.03. The van der Waals surface area contributed by atoms with Crippen LogP contribution in [0.25, 0.3) is 10.9 Å². The maximum atomic E-state index is 5.77. The Labute approximate surface area is 109 Å². The summed E-state index contributed by atoms with van der Waals surface area (Å²) in [6.07, 6.45) is 1.03. The fraction of sp³-hybridized carbons (Fsp3) is 0.308. The van der Waals surface area contributed by atoms with E-state index in [9.17, 15) is 0 Å². The smallest absolute Gasteiger partial charge is 0.114 e. The number of fused-ring (bicyclic) bond motifs is 1. The van der Waals surface area contributed by atoms with Gasteiger partial charge in [-0.1, -0.05) is 30.0 Å². The number of aromatic nitrogens is 1. The highest BCUT2D eigenvalue weighted by molar-refractivity contribution is 8.15. The molecule has 1 atom stereocenters. The molecule has 2 aromatic rings. The van der Waals surface area contributed by atoms with Crippen LogP contribution in [-0.4, -0.2) is 27.7 Å². The molecule has 1 N–H and O–H groups in total. The summed E-state index contributed by atoms with van der Waals surface area (Å²) in [7, 11) is 0. The summed E-state index contributed by atoms with van der Waals surface area (Å²) in [5.41, 5.74) is 2.31. The van der Waals surface area contributed by atoms with Crippen LogP contribution in [0.4, 0.5) is 0 Å². The lowest BCUT2D eigenvalue weighted by atomic mass is 10.2. The van der Waals surface area contributed by atoms with Crippen molar-refractivity contribution < 1.29 is 0 Å². The van der Waals surface area contributed by atoms with E-state index in [2.05, 4.69) is 34.2 Å². The van der Waals surface area contributed by atoms with Gasteiger partial charge in [0, 0.05) is 22.0 Å². The molecule has 2 heterocycles. The van der Waals surface area contributed by atoms with Crippen molar-refractivity contribution in [2.45, 2.75) is 11.7 Å². The predicted molar refractivity (Wildman–Crippen MR) is 76.4 cm³/mol. The van der Waals surface area contributed by atoms with Crippen LogP contribution in [0.1, 0.15) is 12.1 Å². The van der Waals surface area contributed by atoms with Crippen LogP contribution < -0.4 is 0 Å². The summed E-state index contributed by atoms with van der Waals surface area (Å²) in [5, 5.41) is 2.91. The van der Waals surface area contributed by atoms with Gasteiger partial charge >= 0.3 is 0 Å². The number of hydrogen-bond donors (Lipinski definition) is 1. The molecule has 0 radical (unpaired) electrons. The molecule has 1 aliphatic rings. The van der Waals surface area contributed by atoms with Crippen LogP contribution in [0.2, 0.25) is 0 Å². The number of para-hydroxylation sites is 1. The molecule has 0 fully saturated rings. The first-order valence-electron chi connectivity index (χ1n) is 5.72. The third-order valence-corrected chi connectivity index (χ3v) is 4.42. The second-order valence-corrected chi connectivity index (χ2v) is 5.80. The third kappa shape index (κ3) is 2.22. The maximum absolute atomic E-state index is 5.77. The van der Waals surface area contributed by atoms with E-state index < -0.39 is 0 Å². The number of nitrogens with one attached hydrogen (secondary N) is 1. The van der Waals surface area contributed by atoms with Gasteiger partial charge in [-0.3, -0.25) is 4.99 Å². The summed E-state index contributed by atoms with van der Waals surface area (Å²) in [4.78, 5) is 8.01. The number of nitrogens with zero attached hydrogens (tertiary/aromatic N) is 1. The van der Waals surface area contributed by atoms with Crippen molar-refractivity contribution in [3.63, 3.8) is 0 Å². The highest BCUT2D eigenvalue weighted by atomic mass is 35.5. The van der Waals surface area contributed by atoms with E-state index in [1.165, 1.54) is 10.9 Å². The lowest BCUT2D eigenvalue weighted by Gasteiger charge is -2.03. The maximum Gasteiger partial charge on any atom is 0.114 e. The van der Waals surface area contributed by atoms with Gasteiger partial charge in [0.25, 0.3) is 0 Å². The van der Waals surface area contributed by atoms with E-state index in [4.69, 9.17) is 11.6 Å². The Morgan fingerprint density at radius 3 is 3.12 bits per heavy atom. The number of halogens is 1. The van der Waals surface area contributed by atoms with Crippen LogP contribution >= 0.6 is 23.4 Å². The molecule has 2 nitrogen and oxygen atoms in total. The molecular weight excluding hydrogens is 252 g/mol. The lowest BCUT2D eigenvalue weighted by molar-refractivity contribution is 0.848. The van der Waals surface area contributed by atoms with E-state index in [1.54, 1.807) is 0 Å². The second-order valence-electron chi connectivity index (χ2n) is 4.13. The average molecular weight is 265 g/mol. The van der Waals surface area contributed by atoms with Crippen LogP contribution in [0, 0.1) is 0 Å².